The van der Waals surface area contributed by atoms with Crippen LogP contribution < -0.4 is 15.4 Å². The largest absolute Gasteiger partial charge is 0.437 e. The lowest BCUT2D eigenvalue weighted by atomic mass is 9.86. The van der Waals surface area contributed by atoms with Crippen LogP contribution in [0.4, 0.5) is 24.5 Å². The summed E-state index contributed by atoms with van der Waals surface area (Å²) in [4.78, 5) is 6.61. The molecule has 31 heavy (non-hydrogen) atoms. The molecule has 2 heterocycles. The third-order valence-electron chi connectivity index (χ3n) is 4.96. The van der Waals surface area contributed by atoms with Crippen LogP contribution in [0.5, 0.6) is 11.6 Å². The topological polar surface area (TPSA) is 51.4 Å². The number of ether oxygens (including phenoxy) is 1. The van der Waals surface area contributed by atoms with Gasteiger partial charge in [-0.2, -0.15) is 13.2 Å². The highest BCUT2D eigenvalue weighted by Crippen LogP contribution is 2.49. The highest BCUT2D eigenvalue weighted by molar-refractivity contribution is 8.00. The van der Waals surface area contributed by atoms with Crippen LogP contribution in [0.3, 0.4) is 0 Å². The van der Waals surface area contributed by atoms with E-state index in [1.807, 2.05) is 24.3 Å². The molecular formula is C23H22F3N3OS. The summed E-state index contributed by atoms with van der Waals surface area (Å²) in [6, 6.07) is 14.9. The van der Waals surface area contributed by atoms with Gasteiger partial charge in [-0.1, -0.05) is 50.7 Å². The van der Waals surface area contributed by atoms with Crippen molar-refractivity contribution in [2.45, 2.75) is 42.8 Å². The molecule has 1 atom stereocenters. The molecule has 162 valence electrons. The Bertz CT molecular complexity index is 1110. The van der Waals surface area contributed by atoms with Crippen molar-refractivity contribution in [3.8, 4) is 11.6 Å². The van der Waals surface area contributed by atoms with E-state index in [0.717, 1.165) is 17.7 Å². The number of rotatable bonds is 3. The molecule has 1 aromatic heterocycles. The molecule has 1 aliphatic rings. The number of para-hydroxylation sites is 1. The fourth-order valence-electron chi connectivity index (χ4n) is 3.49. The number of nitrogens with zero attached hydrogens (tertiary/aromatic N) is 2. The van der Waals surface area contributed by atoms with E-state index in [0.29, 0.717) is 27.9 Å². The van der Waals surface area contributed by atoms with Gasteiger partial charge in [0.1, 0.15) is 16.9 Å². The molecule has 0 spiro atoms. The standard InChI is InChI=1S/C23H22F3N3OS/c1-22(2,3)15-7-4-5-9-18(15)30-20-17(8-6-12-28-20)29-16-11-10-14(23(24,25)26)13-19(16)31-21(29)27/h4-13,21H,27H2,1-3H3. The van der Waals surface area contributed by atoms with Crippen LogP contribution >= 0.6 is 11.8 Å². The van der Waals surface area contributed by atoms with E-state index in [1.54, 1.807) is 23.2 Å². The number of benzene rings is 2. The fraction of sp³-hybridized carbons (Fsp3) is 0.261. The number of nitrogens with two attached hydrogens (primary N) is 1. The number of hydrogen-bond acceptors (Lipinski definition) is 5. The molecule has 2 N–H and O–H groups in total. The Kier molecular flexibility index (Phi) is 5.39. The van der Waals surface area contributed by atoms with Crippen molar-refractivity contribution in [2.24, 2.45) is 5.73 Å². The maximum atomic E-state index is 13.1. The molecule has 0 saturated heterocycles. The molecule has 8 heteroatoms. The zero-order valence-corrected chi connectivity index (χ0v) is 18.1. The Labute approximate surface area is 183 Å². The molecule has 0 bridgehead atoms. The van der Waals surface area contributed by atoms with Crippen LogP contribution in [-0.2, 0) is 11.6 Å². The summed E-state index contributed by atoms with van der Waals surface area (Å²) in [6.45, 7) is 6.28. The summed E-state index contributed by atoms with van der Waals surface area (Å²) < 4.78 is 45.6. The number of fused-ring (bicyclic) bond motifs is 1. The molecule has 0 saturated carbocycles. The Balaban J connectivity index is 1.75. The second-order valence-corrected chi connectivity index (χ2v) is 9.39. The highest BCUT2D eigenvalue weighted by atomic mass is 32.2. The average Bonchev–Trinajstić information content (AvgIpc) is 3.02. The molecule has 2 aromatic carbocycles. The third-order valence-corrected chi connectivity index (χ3v) is 5.99. The first kappa shape index (κ1) is 21.5. The molecule has 0 aliphatic carbocycles. The lowest BCUT2D eigenvalue weighted by Gasteiger charge is -2.27. The van der Waals surface area contributed by atoms with Gasteiger partial charge < -0.3 is 15.4 Å². The molecule has 0 amide bonds. The predicted molar refractivity (Wildman–Crippen MR) is 117 cm³/mol. The van der Waals surface area contributed by atoms with Gasteiger partial charge in [0.15, 0.2) is 0 Å². The monoisotopic (exact) mass is 445 g/mol. The van der Waals surface area contributed by atoms with Gasteiger partial charge in [-0.25, -0.2) is 4.98 Å². The quantitative estimate of drug-likeness (QED) is 0.488. The molecule has 0 radical (unpaired) electrons. The lowest BCUT2D eigenvalue weighted by Crippen LogP contribution is -2.32. The van der Waals surface area contributed by atoms with Gasteiger partial charge in [0.05, 0.1) is 11.3 Å². The van der Waals surface area contributed by atoms with Crippen molar-refractivity contribution in [3.63, 3.8) is 0 Å². The number of halogens is 3. The van der Waals surface area contributed by atoms with E-state index in [4.69, 9.17) is 10.5 Å². The van der Waals surface area contributed by atoms with E-state index in [9.17, 15) is 13.2 Å². The van der Waals surface area contributed by atoms with Crippen molar-refractivity contribution >= 4 is 23.1 Å². The number of anilines is 2. The van der Waals surface area contributed by atoms with E-state index < -0.39 is 17.2 Å². The second kappa shape index (κ2) is 7.76. The first-order chi connectivity index (χ1) is 14.6. The van der Waals surface area contributed by atoms with E-state index in [1.165, 1.54) is 17.8 Å². The van der Waals surface area contributed by atoms with Crippen LogP contribution in [0.1, 0.15) is 31.9 Å². The van der Waals surface area contributed by atoms with Crippen molar-refractivity contribution in [2.75, 3.05) is 4.90 Å². The minimum atomic E-state index is -4.41. The minimum absolute atomic E-state index is 0.147. The second-order valence-electron chi connectivity index (χ2n) is 8.23. The van der Waals surface area contributed by atoms with Crippen LogP contribution in [0.2, 0.25) is 0 Å². The molecular weight excluding hydrogens is 423 g/mol. The molecule has 3 aromatic rings. The first-order valence-electron chi connectivity index (χ1n) is 9.71. The van der Waals surface area contributed by atoms with Gasteiger partial charge in [-0.3, -0.25) is 0 Å². The Morgan fingerprint density at radius 3 is 2.45 bits per heavy atom. The summed E-state index contributed by atoms with van der Waals surface area (Å²) in [6.07, 6.45) is -2.80. The van der Waals surface area contributed by atoms with Crippen molar-refractivity contribution < 1.29 is 17.9 Å². The van der Waals surface area contributed by atoms with Gasteiger partial charge in [-0.15, -0.1) is 0 Å². The van der Waals surface area contributed by atoms with Crippen LogP contribution in [0.25, 0.3) is 0 Å². The zero-order chi connectivity index (χ0) is 22.4. The number of alkyl halides is 3. The van der Waals surface area contributed by atoms with Crippen molar-refractivity contribution in [3.05, 3.63) is 71.9 Å². The smallest absolute Gasteiger partial charge is 0.416 e. The van der Waals surface area contributed by atoms with E-state index in [-0.39, 0.29) is 5.41 Å². The summed E-state index contributed by atoms with van der Waals surface area (Å²) in [5.41, 5.74) is 7.05. The summed E-state index contributed by atoms with van der Waals surface area (Å²) in [5, 5.41) is 0. The zero-order valence-electron chi connectivity index (χ0n) is 17.3. The predicted octanol–water partition coefficient (Wildman–Crippen LogP) is 6.68. The van der Waals surface area contributed by atoms with E-state index in [2.05, 4.69) is 25.8 Å². The van der Waals surface area contributed by atoms with Crippen LogP contribution in [-0.4, -0.2) is 10.5 Å². The highest BCUT2D eigenvalue weighted by Gasteiger charge is 2.36. The number of pyridine rings is 1. The van der Waals surface area contributed by atoms with Gasteiger partial charge >= 0.3 is 6.18 Å². The maximum absolute atomic E-state index is 13.1. The lowest BCUT2D eigenvalue weighted by molar-refractivity contribution is -0.137. The molecule has 1 unspecified atom stereocenters. The fourth-order valence-corrected chi connectivity index (χ4v) is 4.57. The minimum Gasteiger partial charge on any atom is -0.437 e. The SMILES string of the molecule is CC(C)(C)c1ccccc1Oc1ncccc1N1c2ccc(C(F)(F)F)cc2SC1N. The van der Waals surface area contributed by atoms with Gasteiger partial charge in [0.25, 0.3) is 0 Å². The van der Waals surface area contributed by atoms with Crippen molar-refractivity contribution in [1.29, 1.82) is 0 Å². The third kappa shape index (κ3) is 4.22. The summed E-state index contributed by atoms with van der Waals surface area (Å²) >= 11 is 1.17. The Morgan fingerprint density at radius 1 is 1.00 bits per heavy atom. The first-order valence-corrected chi connectivity index (χ1v) is 10.6. The number of thioether (sulfide) groups is 1. The number of hydrogen-bond donors (Lipinski definition) is 1. The van der Waals surface area contributed by atoms with E-state index >= 15 is 0 Å². The average molecular weight is 446 g/mol. The molecule has 4 rings (SSSR count). The summed E-state index contributed by atoms with van der Waals surface area (Å²) in [5.74, 6) is 1.01. The van der Waals surface area contributed by atoms with Gasteiger partial charge in [-0.05, 0) is 41.8 Å². The Morgan fingerprint density at radius 2 is 1.74 bits per heavy atom. The molecule has 4 nitrogen and oxygen atoms in total. The molecule has 0 fully saturated rings. The van der Waals surface area contributed by atoms with Gasteiger partial charge in [0, 0.05) is 16.7 Å². The number of aromatic nitrogens is 1. The van der Waals surface area contributed by atoms with Crippen LogP contribution in [0.15, 0.2) is 65.7 Å². The summed E-state index contributed by atoms with van der Waals surface area (Å²) in [7, 11) is 0. The normalized spacial score (nSPS) is 16.4. The van der Waals surface area contributed by atoms with Crippen molar-refractivity contribution in [1.82, 2.24) is 4.98 Å². The maximum Gasteiger partial charge on any atom is 0.416 e. The van der Waals surface area contributed by atoms with Crippen LogP contribution in [0, 0.1) is 0 Å². The Hall–Kier alpha value is -2.71. The molecule has 1 aliphatic heterocycles. The van der Waals surface area contributed by atoms with Gasteiger partial charge in [0.2, 0.25) is 5.88 Å².